The topological polar surface area (TPSA) is 21.7 Å². The zero-order valence-electron chi connectivity index (χ0n) is 12.7. The maximum absolute atomic E-state index is 13.0. The van der Waals surface area contributed by atoms with Gasteiger partial charge in [0.2, 0.25) is 0 Å². The van der Waals surface area contributed by atoms with Gasteiger partial charge in [-0.05, 0) is 30.5 Å². The molecule has 116 valence electrons. The van der Waals surface area contributed by atoms with E-state index in [2.05, 4.69) is 4.90 Å². The van der Waals surface area contributed by atoms with Gasteiger partial charge in [-0.3, -0.25) is 4.90 Å². The molecule has 0 bridgehead atoms. The Hall–Kier alpha value is -0.970. The van der Waals surface area contributed by atoms with Crippen molar-refractivity contribution in [2.45, 2.75) is 31.4 Å². The number of hydrogen-bond donors (Lipinski definition) is 0. The van der Waals surface area contributed by atoms with Crippen LogP contribution in [0.5, 0.6) is 0 Å². The summed E-state index contributed by atoms with van der Waals surface area (Å²) in [4.78, 5) is 2.44. The molecule has 0 amide bonds. The molecule has 1 aliphatic heterocycles. The molecule has 4 heteroatoms. The Morgan fingerprint density at radius 3 is 2.95 bits per heavy atom. The van der Waals surface area contributed by atoms with Crippen LogP contribution in [0.2, 0.25) is 0 Å². The maximum Gasteiger partial charge on any atom is 0.123 e. The fraction of sp³-hybridized carbons (Fsp3) is 0.647. The van der Waals surface area contributed by atoms with E-state index < -0.39 is 0 Å². The molecule has 0 unspecified atom stereocenters. The Labute approximate surface area is 126 Å². The first kappa shape index (κ1) is 14.9. The number of benzene rings is 1. The Bertz CT molecular complexity index is 464. The van der Waals surface area contributed by atoms with Crippen LogP contribution in [0.25, 0.3) is 0 Å². The van der Waals surface area contributed by atoms with Crippen molar-refractivity contribution in [3.63, 3.8) is 0 Å². The van der Waals surface area contributed by atoms with Gasteiger partial charge in [-0.15, -0.1) is 0 Å². The Balaban J connectivity index is 1.66. The van der Waals surface area contributed by atoms with Crippen LogP contribution in [-0.4, -0.2) is 43.9 Å². The van der Waals surface area contributed by atoms with Crippen molar-refractivity contribution in [2.75, 3.05) is 33.4 Å². The molecule has 1 saturated heterocycles. The van der Waals surface area contributed by atoms with Crippen LogP contribution in [-0.2, 0) is 16.0 Å². The molecule has 1 aromatic carbocycles. The van der Waals surface area contributed by atoms with Gasteiger partial charge in [-0.25, -0.2) is 4.39 Å². The molecule has 1 aliphatic carbocycles. The van der Waals surface area contributed by atoms with E-state index in [0.717, 1.165) is 44.8 Å². The minimum absolute atomic E-state index is 0.0334. The normalized spacial score (nSPS) is 30.1. The maximum atomic E-state index is 13.0. The summed E-state index contributed by atoms with van der Waals surface area (Å²) in [5.74, 6) is 0.326. The fourth-order valence-electron chi connectivity index (χ4n) is 3.81. The first-order valence-electron chi connectivity index (χ1n) is 7.81. The third-order valence-corrected chi connectivity index (χ3v) is 4.87. The average Bonchev–Trinajstić information content (AvgIpc) is 2.84. The third kappa shape index (κ3) is 3.28. The van der Waals surface area contributed by atoms with Crippen molar-refractivity contribution >= 4 is 0 Å². The molecule has 0 radical (unpaired) electrons. The summed E-state index contributed by atoms with van der Waals surface area (Å²) in [6.07, 6.45) is 3.54. The SMILES string of the molecule is COC[C@@H]1CCC[C@@]12CN(Cc1ccc(F)cc1)CCO2. The zero-order valence-corrected chi connectivity index (χ0v) is 12.7. The molecule has 2 aliphatic rings. The summed E-state index contributed by atoms with van der Waals surface area (Å²) in [5.41, 5.74) is 1.13. The van der Waals surface area contributed by atoms with Crippen LogP contribution in [0.3, 0.4) is 0 Å². The van der Waals surface area contributed by atoms with Gasteiger partial charge in [0.05, 0.1) is 18.8 Å². The molecule has 2 atom stereocenters. The summed E-state index contributed by atoms with van der Waals surface area (Å²) in [7, 11) is 1.77. The lowest BCUT2D eigenvalue weighted by atomic mass is 9.89. The van der Waals surface area contributed by atoms with Crippen LogP contribution in [0, 0.1) is 11.7 Å². The van der Waals surface area contributed by atoms with E-state index in [4.69, 9.17) is 9.47 Å². The largest absolute Gasteiger partial charge is 0.384 e. The number of rotatable bonds is 4. The van der Waals surface area contributed by atoms with E-state index in [1.807, 2.05) is 12.1 Å². The fourth-order valence-corrected chi connectivity index (χ4v) is 3.81. The first-order valence-corrected chi connectivity index (χ1v) is 7.81. The van der Waals surface area contributed by atoms with E-state index in [9.17, 15) is 4.39 Å². The highest BCUT2D eigenvalue weighted by Gasteiger charge is 2.46. The lowest BCUT2D eigenvalue weighted by Gasteiger charge is -2.44. The number of nitrogens with zero attached hydrogens (tertiary/aromatic N) is 1. The van der Waals surface area contributed by atoms with Crippen molar-refractivity contribution in [3.8, 4) is 0 Å². The number of methoxy groups -OCH3 is 1. The van der Waals surface area contributed by atoms with Gasteiger partial charge in [0.25, 0.3) is 0 Å². The molecular formula is C17H24FNO2. The van der Waals surface area contributed by atoms with E-state index in [1.165, 1.54) is 25.0 Å². The number of morpholine rings is 1. The van der Waals surface area contributed by atoms with Crippen LogP contribution in [0.1, 0.15) is 24.8 Å². The standard InChI is InChI=1S/C17H24FNO2/c1-20-12-15-3-2-8-17(15)13-19(9-10-21-17)11-14-4-6-16(18)7-5-14/h4-7,15H,2-3,8-13H2,1H3/t15-,17+/m0/s1. The molecule has 3 rings (SSSR count). The van der Waals surface area contributed by atoms with Crippen LogP contribution in [0.15, 0.2) is 24.3 Å². The van der Waals surface area contributed by atoms with Gasteiger partial charge in [-0.2, -0.15) is 0 Å². The summed E-state index contributed by atoms with van der Waals surface area (Å²) >= 11 is 0. The molecule has 1 aromatic rings. The lowest BCUT2D eigenvalue weighted by molar-refractivity contribution is -0.141. The van der Waals surface area contributed by atoms with Gasteiger partial charge in [-0.1, -0.05) is 18.6 Å². The summed E-state index contributed by atoms with van der Waals surface area (Å²) in [6, 6.07) is 6.82. The van der Waals surface area contributed by atoms with Gasteiger partial charge in [0, 0.05) is 32.7 Å². The van der Waals surface area contributed by atoms with Crippen molar-refractivity contribution in [1.29, 1.82) is 0 Å². The second kappa shape index (κ2) is 6.42. The van der Waals surface area contributed by atoms with Crippen molar-refractivity contribution in [1.82, 2.24) is 4.90 Å². The van der Waals surface area contributed by atoms with Gasteiger partial charge in [0.15, 0.2) is 0 Å². The van der Waals surface area contributed by atoms with E-state index >= 15 is 0 Å². The molecule has 2 fully saturated rings. The highest BCUT2D eigenvalue weighted by molar-refractivity contribution is 5.16. The van der Waals surface area contributed by atoms with E-state index in [-0.39, 0.29) is 11.4 Å². The summed E-state index contributed by atoms with van der Waals surface area (Å²) < 4.78 is 24.6. The number of ether oxygens (including phenoxy) is 2. The molecule has 21 heavy (non-hydrogen) atoms. The van der Waals surface area contributed by atoms with Crippen molar-refractivity contribution in [2.24, 2.45) is 5.92 Å². The molecule has 0 aromatic heterocycles. The second-order valence-corrected chi connectivity index (χ2v) is 6.29. The van der Waals surface area contributed by atoms with Gasteiger partial charge >= 0.3 is 0 Å². The smallest absolute Gasteiger partial charge is 0.123 e. The Kier molecular flexibility index (Phi) is 4.57. The summed E-state index contributed by atoms with van der Waals surface area (Å²) in [5, 5.41) is 0. The highest BCUT2D eigenvalue weighted by Crippen LogP contribution is 2.41. The Morgan fingerprint density at radius 1 is 1.38 bits per heavy atom. The van der Waals surface area contributed by atoms with Crippen LogP contribution in [0.4, 0.5) is 4.39 Å². The molecule has 1 spiro atoms. The molecular weight excluding hydrogens is 269 g/mol. The minimum Gasteiger partial charge on any atom is -0.384 e. The first-order chi connectivity index (χ1) is 10.2. The van der Waals surface area contributed by atoms with Gasteiger partial charge < -0.3 is 9.47 Å². The molecule has 1 saturated carbocycles. The van der Waals surface area contributed by atoms with Gasteiger partial charge in [0.1, 0.15) is 5.82 Å². The zero-order chi connectivity index (χ0) is 14.7. The minimum atomic E-state index is -0.173. The summed E-state index contributed by atoms with van der Waals surface area (Å²) in [6.45, 7) is 4.33. The predicted octanol–water partition coefficient (Wildman–Crippen LogP) is 2.84. The van der Waals surface area contributed by atoms with E-state index in [1.54, 1.807) is 7.11 Å². The Morgan fingerprint density at radius 2 is 2.19 bits per heavy atom. The van der Waals surface area contributed by atoms with Crippen LogP contribution < -0.4 is 0 Å². The second-order valence-electron chi connectivity index (χ2n) is 6.29. The number of halogens is 1. The molecule has 0 N–H and O–H groups in total. The average molecular weight is 293 g/mol. The number of hydrogen-bond acceptors (Lipinski definition) is 3. The monoisotopic (exact) mass is 293 g/mol. The van der Waals surface area contributed by atoms with Crippen molar-refractivity contribution in [3.05, 3.63) is 35.6 Å². The lowest BCUT2D eigenvalue weighted by Crippen LogP contribution is -2.54. The predicted molar refractivity (Wildman–Crippen MR) is 79.6 cm³/mol. The van der Waals surface area contributed by atoms with Crippen molar-refractivity contribution < 1.29 is 13.9 Å². The quantitative estimate of drug-likeness (QED) is 0.852. The molecule has 3 nitrogen and oxygen atoms in total. The molecule has 1 heterocycles. The third-order valence-electron chi connectivity index (χ3n) is 4.87. The van der Waals surface area contributed by atoms with E-state index in [0.29, 0.717) is 5.92 Å². The van der Waals surface area contributed by atoms with Crippen LogP contribution >= 0.6 is 0 Å². The highest BCUT2D eigenvalue weighted by atomic mass is 19.1.